The molecule has 1 aromatic rings. The first-order valence-electron chi connectivity index (χ1n) is 7.32. The van der Waals surface area contributed by atoms with Crippen LogP contribution in [0.15, 0.2) is 35.7 Å². The van der Waals surface area contributed by atoms with Crippen molar-refractivity contribution in [3.05, 3.63) is 36.4 Å². The molecule has 1 aromatic carbocycles. The second kappa shape index (κ2) is 8.97. The molecule has 1 rings (SSSR count). The topological polar surface area (TPSA) is 57.2 Å². The van der Waals surface area contributed by atoms with Crippen LogP contribution in [0.1, 0.15) is 33.3 Å². The highest BCUT2D eigenvalue weighted by molar-refractivity contribution is 7.85. The summed E-state index contributed by atoms with van der Waals surface area (Å²) >= 11 is 0. The smallest absolute Gasteiger partial charge is 0.124 e. The van der Waals surface area contributed by atoms with E-state index in [9.17, 15) is 13.0 Å². The zero-order valence-electron chi connectivity index (χ0n) is 13.5. The van der Waals surface area contributed by atoms with E-state index in [1.54, 1.807) is 6.08 Å². The van der Waals surface area contributed by atoms with Gasteiger partial charge in [0.15, 0.2) is 0 Å². The lowest BCUT2D eigenvalue weighted by Crippen LogP contribution is -2.47. The van der Waals surface area contributed by atoms with Crippen molar-refractivity contribution in [2.75, 3.05) is 26.2 Å². The van der Waals surface area contributed by atoms with Gasteiger partial charge in [0, 0.05) is 0 Å². The molecule has 0 amide bonds. The standard InChI is InChI=1S/C8H20N.C8H8O3S/c1-5-9(6-2,7-3)8-4;1-2-7-3-5-8(6-4-7)12(9,10)11/h5-8H2,1-4H3;2-6H,1H2,(H,9,10,11)/q+1;/p-1. The van der Waals surface area contributed by atoms with Crippen LogP contribution >= 0.6 is 0 Å². The summed E-state index contributed by atoms with van der Waals surface area (Å²) in [6.07, 6.45) is 1.57. The molecular formula is C16H27NO3S. The second-order valence-corrected chi connectivity index (χ2v) is 6.21. The molecule has 0 radical (unpaired) electrons. The van der Waals surface area contributed by atoms with Crippen molar-refractivity contribution < 1.29 is 17.5 Å². The first kappa shape index (κ1) is 19.8. The third-order valence-corrected chi connectivity index (χ3v) is 4.94. The predicted molar refractivity (Wildman–Crippen MR) is 86.9 cm³/mol. The van der Waals surface area contributed by atoms with E-state index in [-0.39, 0.29) is 4.90 Å². The summed E-state index contributed by atoms with van der Waals surface area (Å²) in [7, 11) is -4.31. The molecule has 21 heavy (non-hydrogen) atoms. The van der Waals surface area contributed by atoms with E-state index in [2.05, 4.69) is 34.3 Å². The van der Waals surface area contributed by atoms with Gasteiger partial charge in [-0.3, -0.25) is 0 Å². The zero-order valence-corrected chi connectivity index (χ0v) is 14.3. The molecule has 0 atom stereocenters. The van der Waals surface area contributed by atoms with E-state index in [1.807, 2.05) is 0 Å². The molecule has 4 nitrogen and oxygen atoms in total. The van der Waals surface area contributed by atoms with Gasteiger partial charge >= 0.3 is 0 Å². The predicted octanol–water partition coefficient (Wildman–Crippen LogP) is 3.12. The van der Waals surface area contributed by atoms with Gasteiger partial charge < -0.3 is 9.04 Å². The van der Waals surface area contributed by atoms with Crippen molar-refractivity contribution in [2.24, 2.45) is 0 Å². The summed E-state index contributed by atoms with van der Waals surface area (Å²) in [5.74, 6) is 0. The molecule has 0 aromatic heterocycles. The summed E-state index contributed by atoms with van der Waals surface area (Å²) in [6, 6.07) is 5.58. The highest BCUT2D eigenvalue weighted by Crippen LogP contribution is 2.10. The average molecular weight is 313 g/mol. The van der Waals surface area contributed by atoms with E-state index in [1.165, 1.54) is 54.9 Å². The van der Waals surface area contributed by atoms with Gasteiger partial charge in [-0.05, 0) is 45.4 Å². The molecule has 0 heterocycles. The number of rotatable bonds is 6. The lowest BCUT2D eigenvalue weighted by atomic mass is 10.2. The van der Waals surface area contributed by atoms with E-state index in [0.29, 0.717) is 0 Å². The summed E-state index contributed by atoms with van der Waals surface area (Å²) in [5, 5.41) is 0. The maximum absolute atomic E-state index is 10.5. The third-order valence-electron chi connectivity index (χ3n) is 4.09. The summed E-state index contributed by atoms with van der Waals surface area (Å²) in [5.41, 5.74) is 0.780. The first-order chi connectivity index (χ1) is 9.78. The first-order valence-corrected chi connectivity index (χ1v) is 8.72. The van der Waals surface area contributed by atoms with Crippen LogP contribution < -0.4 is 0 Å². The maximum Gasteiger partial charge on any atom is 0.124 e. The Morgan fingerprint density at radius 1 is 1.00 bits per heavy atom. The molecule has 0 spiro atoms. The fourth-order valence-electron chi connectivity index (χ4n) is 2.11. The van der Waals surface area contributed by atoms with E-state index >= 15 is 0 Å². The quantitative estimate of drug-likeness (QED) is 0.599. The number of quaternary nitrogens is 1. The minimum absolute atomic E-state index is 0.215. The van der Waals surface area contributed by atoms with Crippen LogP contribution in [0.3, 0.4) is 0 Å². The zero-order chi connectivity index (χ0) is 16.5. The van der Waals surface area contributed by atoms with Crippen molar-refractivity contribution in [3.8, 4) is 0 Å². The largest absolute Gasteiger partial charge is 0.744 e. The highest BCUT2D eigenvalue weighted by atomic mass is 32.2. The van der Waals surface area contributed by atoms with Crippen LogP contribution in [0, 0.1) is 0 Å². The summed E-state index contributed by atoms with van der Waals surface area (Å²) in [6.45, 7) is 17.7. The highest BCUT2D eigenvalue weighted by Gasteiger charge is 2.16. The fraction of sp³-hybridized carbons (Fsp3) is 0.500. The lowest BCUT2D eigenvalue weighted by Gasteiger charge is -2.34. The van der Waals surface area contributed by atoms with Crippen molar-refractivity contribution in [2.45, 2.75) is 32.6 Å². The molecule has 0 aliphatic heterocycles. The molecule has 5 heteroatoms. The van der Waals surface area contributed by atoms with Crippen LogP contribution in [0.25, 0.3) is 6.08 Å². The SMILES string of the molecule is C=Cc1ccc(S(=O)(=O)[O-])cc1.CC[N+](CC)(CC)CC. The molecule has 0 saturated heterocycles. The van der Waals surface area contributed by atoms with Crippen molar-refractivity contribution in [1.29, 1.82) is 0 Å². The average Bonchev–Trinajstić information content (AvgIpc) is 2.50. The van der Waals surface area contributed by atoms with Crippen LogP contribution in [0.5, 0.6) is 0 Å². The van der Waals surface area contributed by atoms with Gasteiger partial charge in [-0.25, -0.2) is 8.42 Å². The minimum atomic E-state index is -4.31. The molecular weight excluding hydrogens is 286 g/mol. The Hall–Kier alpha value is -1.17. The molecule has 0 bridgehead atoms. The molecule has 0 fully saturated rings. The maximum atomic E-state index is 10.5. The van der Waals surface area contributed by atoms with Crippen molar-refractivity contribution >= 4 is 16.2 Å². The fourth-order valence-corrected chi connectivity index (χ4v) is 2.58. The minimum Gasteiger partial charge on any atom is -0.744 e. The molecule has 0 saturated carbocycles. The third kappa shape index (κ3) is 6.42. The van der Waals surface area contributed by atoms with Gasteiger partial charge in [-0.15, -0.1) is 0 Å². The normalized spacial score (nSPS) is 11.5. The lowest BCUT2D eigenvalue weighted by molar-refractivity contribution is -0.921. The number of benzene rings is 1. The van der Waals surface area contributed by atoms with Gasteiger partial charge in [0.25, 0.3) is 0 Å². The monoisotopic (exact) mass is 313 g/mol. The number of hydrogen-bond acceptors (Lipinski definition) is 3. The van der Waals surface area contributed by atoms with Crippen LogP contribution in [-0.4, -0.2) is 43.6 Å². The molecule has 0 unspecified atom stereocenters. The van der Waals surface area contributed by atoms with Gasteiger partial charge in [0.2, 0.25) is 0 Å². The summed E-state index contributed by atoms with van der Waals surface area (Å²) < 4.78 is 32.6. The van der Waals surface area contributed by atoms with E-state index < -0.39 is 10.1 Å². The summed E-state index contributed by atoms with van der Waals surface area (Å²) in [4.78, 5) is -0.215. The molecule has 120 valence electrons. The Labute approximate surface area is 129 Å². The van der Waals surface area contributed by atoms with Crippen LogP contribution in [0.4, 0.5) is 0 Å². The molecule has 0 N–H and O–H groups in total. The van der Waals surface area contributed by atoms with Gasteiger partial charge in [-0.2, -0.15) is 0 Å². The van der Waals surface area contributed by atoms with E-state index in [0.717, 1.165) is 5.56 Å². The van der Waals surface area contributed by atoms with Crippen molar-refractivity contribution in [3.63, 3.8) is 0 Å². The van der Waals surface area contributed by atoms with E-state index in [4.69, 9.17) is 0 Å². The van der Waals surface area contributed by atoms with Crippen LogP contribution in [0.2, 0.25) is 0 Å². The number of nitrogens with zero attached hydrogens (tertiary/aromatic N) is 1. The Balaban J connectivity index is 0.000000400. The van der Waals surface area contributed by atoms with Crippen LogP contribution in [-0.2, 0) is 10.1 Å². The Morgan fingerprint density at radius 2 is 1.38 bits per heavy atom. The second-order valence-electron chi connectivity index (χ2n) is 4.83. The molecule has 0 aliphatic rings. The van der Waals surface area contributed by atoms with Gasteiger partial charge in [-0.1, -0.05) is 24.8 Å². The Kier molecular flexibility index (Phi) is 8.47. The van der Waals surface area contributed by atoms with Gasteiger partial charge in [0.1, 0.15) is 10.1 Å². The Morgan fingerprint density at radius 3 is 1.57 bits per heavy atom. The van der Waals surface area contributed by atoms with Crippen molar-refractivity contribution in [1.82, 2.24) is 0 Å². The van der Waals surface area contributed by atoms with Gasteiger partial charge in [0.05, 0.1) is 31.1 Å². The molecule has 0 aliphatic carbocycles. The number of hydrogen-bond donors (Lipinski definition) is 0. The Bertz CT molecular complexity index is 499.